The van der Waals surface area contributed by atoms with Crippen LogP contribution in [0.5, 0.6) is 0 Å². The summed E-state index contributed by atoms with van der Waals surface area (Å²) in [4.78, 5) is 22.8. The van der Waals surface area contributed by atoms with Gasteiger partial charge in [0.05, 0.1) is 29.3 Å². The van der Waals surface area contributed by atoms with Crippen LogP contribution in [0.1, 0.15) is 20.8 Å². The van der Waals surface area contributed by atoms with Crippen molar-refractivity contribution in [3.8, 4) is 0 Å². The molecule has 3 heterocycles. The number of nitrogens with zero attached hydrogens (tertiary/aromatic N) is 5. The molecule has 148 valence electrons. The van der Waals surface area contributed by atoms with E-state index < -0.39 is 5.60 Å². The molecule has 3 aromatic rings. The van der Waals surface area contributed by atoms with Gasteiger partial charge in [-0.2, -0.15) is 0 Å². The molecule has 1 aliphatic heterocycles. The molecule has 0 unspecified atom stereocenters. The Morgan fingerprint density at radius 2 is 1.86 bits per heavy atom. The first-order chi connectivity index (χ1) is 13.2. The first-order valence-corrected chi connectivity index (χ1v) is 9.86. The van der Waals surface area contributed by atoms with Gasteiger partial charge in [-0.05, 0) is 42.8 Å². The van der Waals surface area contributed by atoms with Crippen molar-refractivity contribution in [1.29, 1.82) is 0 Å². The highest BCUT2D eigenvalue weighted by Crippen LogP contribution is 2.28. The number of ether oxygens (including phenoxy) is 1. The van der Waals surface area contributed by atoms with Crippen molar-refractivity contribution in [2.24, 2.45) is 0 Å². The summed E-state index contributed by atoms with van der Waals surface area (Å²) in [7, 11) is 0. The average Bonchev–Trinajstić information content (AvgIpc) is 3.06. The fourth-order valence-corrected chi connectivity index (χ4v) is 3.65. The number of carbonyl (C=O) groups is 1. The number of halogens is 2. The van der Waals surface area contributed by atoms with Gasteiger partial charge >= 0.3 is 6.09 Å². The van der Waals surface area contributed by atoms with Gasteiger partial charge in [0.1, 0.15) is 28.8 Å². The van der Waals surface area contributed by atoms with Crippen LogP contribution in [0.3, 0.4) is 0 Å². The third-order valence-corrected chi connectivity index (χ3v) is 5.22. The Morgan fingerprint density at radius 1 is 1.14 bits per heavy atom. The number of benzene rings is 1. The summed E-state index contributed by atoms with van der Waals surface area (Å²) in [5, 5.41) is 2.94. The van der Waals surface area contributed by atoms with E-state index in [0.29, 0.717) is 36.2 Å². The Kier molecular flexibility index (Phi) is 4.65. The summed E-state index contributed by atoms with van der Waals surface area (Å²) in [6, 6.07) is 3.14. The van der Waals surface area contributed by atoms with E-state index in [-0.39, 0.29) is 11.9 Å². The minimum atomic E-state index is -0.511. The summed E-state index contributed by atoms with van der Waals surface area (Å²) >= 11 is 3.25. The van der Waals surface area contributed by atoms with E-state index >= 15 is 0 Å². The highest BCUT2D eigenvalue weighted by atomic mass is 79.9. The molecule has 0 radical (unpaired) electrons. The normalized spacial score (nSPS) is 15.5. The summed E-state index contributed by atoms with van der Waals surface area (Å²) in [6.45, 7) is 7.95. The fraction of sp³-hybridized carbons (Fsp3) is 0.421. The molecule has 1 aliphatic rings. The molecule has 7 nitrogen and oxygen atoms in total. The number of rotatable bonds is 1. The van der Waals surface area contributed by atoms with E-state index in [1.165, 1.54) is 6.07 Å². The lowest BCUT2D eigenvalue weighted by atomic mass is 10.2. The molecule has 1 amide bonds. The number of piperazine rings is 1. The van der Waals surface area contributed by atoms with Crippen LogP contribution in [0.4, 0.5) is 9.18 Å². The highest BCUT2D eigenvalue weighted by molar-refractivity contribution is 9.10. The Balaban J connectivity index is 1.61. The molecule has 28 heavy (non-hydrogen) atoms. The van der Waals surface area contributed by atoms with Crippen molar-refractivity contribution >= 4 is 44.0 Å². The monoisotopic (exact) mass is 449 g/mol. The van der Waals surface area contributed by atoms with Crippen LogP contribution in [0.15, 0.2) is 29.1 Å². The molecular formula is C19H21BrFN5O2. The van der Waals surface area contributed by atoms with Crippen LogP contribution in [-0.4, -0.2) is 57.4 Å². The average molecular weight is 450 g/mol. The zero-order chi connectivity index (χ0) is 20.1. The minimum Gasteiger partial charge on any atom is -0.444 e. The van der Waals surface area contributed by atoms with Crippen molar-refractivity contribution in [1.82, 2.24) is 19.5 Å². The molecule has 1 saturated heterocycles. The van der Waals surface area contributed by atoms with Gasteiger partial charge in [0.25, 0.3) is 0 Å². The number of aromatic nitrogens is 3. The van der Waals surface area contributed by atoms with Crippen LogP contribution in [0.25, 0.3) is 21.9 Å². The maximum atomic E-state index is 13.9. The maximum Gasteiger partial charge on any atom is 0.410 e. The van der Waals surface area contributed by atoms with Gasteiger partial charge in [-0.25, -0.2) is 18.8 Å². The van der Waals surface area contributed by atoms with Gasteiger partial charge in [0.2, 0.25) is 0 Å². The standard InChI is InChI=1S/C19H21BrFN5O2/c1-19(2,3)28-18(27)24-4-6-25(7-5-24)26-11-23-16-10-22-15-9-14(21)13(20)8-12(15)17(16)26/h8-11H,4-7H2,1-3H3. The summed E-state index contributed by atoms with van der Waals surface area (Å²) in [6.07, 6.45) is 3.10. The van der Waals surface area contributed by atoms with Gasteiger partial charge < -0.3 is 14.6 Å². The van der Waals surface area contributed by atoms with Crippen LogP contribution in [0, 0.1) is 5.82 Å². The number of pyridine rings is 1. The van der Waals surface area contributed by atoms with E-state index in [9.17, 15) is 9.18 Å². The fourth-order valence-electron chi connectivity index (χ4n) is 3.31. The molecule has 1 fully saturated rings. The van der Waals surface area contributed by atoms with E-state index in [2.05, 4.69) is 30.9 Å². The lowest BCUT2D eigenvalue weighted by Gasteiger charge is -2.37. The molecule has 9 heteroatoms. The first kappa shape index (κ1) is 18.9. The number of hydrogen-bond donors (Lipinski definition) is 0. The van der Waals surface area contributed by atoms with Gasteiger partial charge in [0, 0.05) is 24.5 Å². The Labute approximate surface area is 170 Å². The van der Waals surface area contributed by atoms with Crippen molar-refractivity contribution in [3.63, 3.8) is 0 Å². The van der Waals surface area contributed by atoms with Crippen molar-refractivity contribution in [2.75, 3.05) is 31.2 Å². The largest absolute Gasteiger partial charge is 0.444 e. The number of hydrogen-bond acceptors (Lipinski definition) is 5. The molecule has 0 spiro atoms. The maximum absolute atomic E-state index is 13.9. The van der Waals surface area contributed by atoms with E-state index in [1.54, 1.807) is 23.5 Å². The second-order valence-corrected chi connectivity index (χ2v) is 8.64. The topological polar surface area (TPSA) is 63.5 Å². The molecule has 0 atom stereocenters. The van der Waals surface area contributed by atoms with E-state index in [1.807, 2.05) is 25.4 Å². The summed E-state index contributed by atoms with van der Waals surface area (Å²) < 4.78 is 21.7. The third-order valence-electron chi connectivity index (χ3n) is 4.61. The lowest BCUT2D eigenvalue weighted by Crippen LogP contribution is -2.53. The Morgan fingerprint density at radius 3 is 2.54 bits per heavy atom. The Bertz CT molecular complexity index is 1050. The van der Waals surface area contributed by atoms with Crippen molar-refractivity contribution in [2.45, 2.75) is 26.4 Å². The zero-order valence-corrected chi connectivity index (χ0v) is 17.5. The van der Waals surface area contributed by atoms with Gasteiger partial charge in [0.15, 0.2) is 0 Å². The van der Waals surface area contributed by atoms with Crippen molar-refractivity contribution in [3.05, 3.63) is 34.9 Å². The third kappa shape index (κ3) is 3.50. The summed E-state index contributed by atoms with van der Waals surface area (Å²) in [5.41, 5.74) is 1.67. The molecule has 2 aromatic heterocycles. The minimum absolute atomic E-state index is 0.295. The smallest absolute Gasteiger partial charge is 0.410 e. The zero-order valence-electron chi connectivity index (χ0n) is 15.9. The van der Waals surface area contributed by atoms with Gasteiger partial charge in [-0.1, -0.05) is 0 Å². The molecule has 4 rings (SSSR count). The number of carbonyl (C=O) groups excluding carboxylic acids is 1. The highest BCUT2D eigenvalue weighted by Gasteiger charge is 2.27. The molecule has 0 saturated carbocycles. The molecule has 0 N–H and O–H groups in total. The van der Waals surface area contributed by atoms with Crippen molar-refractivity contribution < 1.29 is 13.9 Å². The predicted molar refractivity (Wildman–Crippen MR) is 108 cm³/mol. The molecular weight excluding hydrogens is 429 g/mol. The quantitative estimate of drug-likeness (QED) is 0.566. The van der Waals surface area contributed by atoms with E-state index in [4.69, 9.17) is 4.74 Å². The van der Waals surface area contributed by atoms with Crippen LogP contribution < -0.4 is 5.01 Å². The molecule has 0 bridgehead atoms. The number of fused-ring (bicyclic) bond motifs is 3. The second-order valence-electron chi connectivity index (χ2n) is 7.79. The number of imidazole rings is 1. The number of amides is 1. The summed E-state index contributed by atoms with van der Waals surface area (Å²) in [5.74, 6) is -0.351. The van der Waals surface area contributed by atoms with Crippen LogP contribution >= 0.6 is 15.9 Å². The SMILES string of the molecule is CC(C)(C)OC(=O)N1CCN(n2cnc3cnc4cc(F)c(Br)cc4c32)CC1. The molecule has 0 aliphatic carbocycles. The van der Waals surface area contributed by atoms with Crippen LogP contribution in [0.2, 0.25) is 0 Å². The van der Waals surface area contributed by atoms with Gasteiger partial charge in [-0.15, -0.1) is 0 Å². The van der Waals surface area contributed by atoms with Gasteiger partial charge in [-0.3, -0.25) is 4.98 Å². The lowest BCUT2D eigenvalue weighted by molar-refractivity contribution is 0.0233. The first-order valence-electron chi connectivity index (χ1n) is 9.07. The van der Waals surface area contributed by atoms with Crippen LogP contribution in [-0.2, 0) is 4.74 Å². The molecule has 1 aromatic carbocycles. The second kappa shape index (κ2) is 6.88. The Hall–Kier alpha value is -2.42. The van der Waals surface area contributed by atoms with E-state index in [0.717, 1.165) is 16.4 Å². The predicted octanol–water partition coefficient (Wildman–Crippen LogP) is 3.67.